The fraction of sp³-hybridized carbons (Fsp3) is 0.368. The van der Waals surface area contributed by atoms with Gasteiger partial charge in [-0.1, -0.05) is 42.0 Å². The molecule has 0 amide bonds. The number of ether oxygens (including phenoxy) is 1. The Bertz CT molecular complexity index is 635. The summed E-state index contributed by atoms with van der Waals surface area (Å²) in [6.45, 7) is 4.27. The van der Waals surface area contributed by atoms with Crippen molar-refractivity contribution in [3.63, 3.8) is 0 Å². The van der Waals surface area contributed by atoms with E-state index < -0.39 is 0 Å². The first-order valence-electron chi connectivity index (χ1n) is 7.68. The second-order valence-corrected chi connectivity index (χ2v) is 6.03. The van der Waals surface area contributed by atoms with Crippen molar-refractivity contribution in [2.45, 2.75) is 38.8 Å². The predicted octanol–water partition coefficient (Wildman–Crippen LogP) is 3.82. The monoisotopic (exact) mass is 281 g/mol. The van der Waals surface area contributed by atoms with Gasteiger partial charge in [-0.3, -0.25) is 0 Å². The highest BCUT2D eigenvalue weighted by Gasteiger charge is 2.20. The molecule has 0 aliphatic carbocycles. The van der Waals surface area contributed by atoms with Gasteiger partial charge in [0.05, 0.1) is 0 Å². The molecule has 2 aromatic rings. The van der Waals surface area contributed by atoms with E-state index in [0.717, 1.165) is 18.6 Å². The minimum absolute atomic E-state index is 0.306. The normalized spacial score (nSPS) is 18.1. The first kappa shape index (κ1) is 14.2. The summed E-state index contributed by atoms with van der Waals surface area (Å²) < 4.78 is 5.79. The summed E-state index contributed by atoms with van der Waals surface area (Å²) in [6.07, 6.45) is 2.33. The lowest BCUT2D eigenvalue weighted by atomic mass is 9.96. The third kappa shape index (κ3) is 3.11. The molecular weight excluding hydrogens is 258 g/mol. The quantitative estimate of drug-likeness (QED) is 0.920. The van der Waals surface area contributed by atoms with Crippen molar-refractivity contribution >= 4 is 0 Å². The van der Waals surface area contributed by atoms with E-state index in [0.29, 0.717) is 12.1 Å². The summed E-state index contributed by atoms with van der Waals surface area (Å²) >= 11 is 0. The molecule has 0 saturated heterocycles. The van der Waals surface area contributed by atoms with Crippen molar-refractivity contribution in [2.75, 3.05) is 7.05 Å². The highest BCUT2D eigenvalue weighted by Crippen LogP contribution is 2.31. The molecule has 21 heavy (non-hydrogen) atoms. The van der Waals surface area contributed by atoms with Gasteiger partial charge in [0.2, 0.25) is 0 Å². The van der Waals surface area contributed by atoms with Crippen LogP contribution in [0, 0.1) is 6.92 Å². The third-order valence-electron chi connectivity index (χ3n) is 4.19. The number of hydrogen-bond acceptors (Lipinski definition) is 2. The van der Waals surface area contributed by atoms with Gasteiger partial charge in [-0.15, -0.1) is 0 Å². The number of fused-ring (bicyclic) bond motifs is 1. The van der Waals surface area contributed by atoms with Crippen LogP contribution in [0.25, 0.3) is 0 Å². The highest BCUT2D eigenvalue weighted by atomic mass is 16.5. The minimum Gasteiger partial charge on any atom is -0.490 e. The minimum atomic E-state index is 0.306. The van der Waals surface area contributed by atoms with Crippen molar-refractivity contribution in [1.82, 2.24) is 5.32 Å². The molecule has 0 radical (unpaired) electrons. The van der Waals surface area contributed by atoms with Gasteiger partial charge in [0, 0.05) is 12.5 Å². The summed E-state index contributed by atoms with van der Waals surface area (Å²) in [6, 6.07) is 15.7. The van der Waals surface area contributed by atoms with E-state index in [9.17, 15) is 0 Å². The Morgan fingerprint density at radius 1 is 1.24 bits per heavy atom. The molecule has 0 aromatic heterocycles. The van der Waals surface area contributed by atoms with Crippen LogP contribution in [0.4, 0.5) is 0 Å². The maximum Gasteiger partial charge on any atom is 0.123 e. The zero-order chi connectivity index (χ0) is 14.8. The lowest BCUT2D eigenvalue weighted by Crippen LogP contribution is -2.19. The van der Waals surface area contributed by atoms with Crippen molar-refractivity contribution < 1.29 is 4.74 Å². The second-order valence-electron chi connectivity index (χ2n) is 6.03. The van der Waals surface area contributed by atoms with Crippen LogP contribution in [0.1, 0.15) is 35.2 Å². The molecule has 0 fully saturated rings. The van der Waals surface area contributed by atoms with Gasteiger partial charge < -0.3 is 10.1 Å². The third-order valence-corrected chi connectivity index (χ3v) is 4.19. The van der Waals surface area contributed by atoms with Gasteiger partial charge in [0.15, 0.2) is 0 Å². The molecule has 0 bridgehead atoms. The largest absolute Gasteiger partial charge is 0.490 e. The number of aryl methyl sites for hydroxylation is 1. The maximum atomic E-state index is 5.79. The molecule has 1 N–H and O–H groups in total. The van der Waals surface area contributed by atoms with E-state index in [-0.39, 0.29) is 0 Å². The van der Waals surface area contributed by atoms with E-state index in [1.807, 2.05) is 7.05 Å². The van der Waals surface area contributed by atoms with Gasteiger partial charge >= 0.3 is 0 Å². The van der Waals surface area contributed by atoms with Gasteiger partial charge in [-0.2, -0.15) is 0 Å². The Morgan fingerprint density at radius 2 is 2.10 bits per heavy atom. The zero-order valence-corrected chi connectivity index (χ0v) is 13.0. The van der Waals surface area contributed by atoms with Crippen LogP contribution in [-0.2, 0) is 12.8 Å². The van der Waals surface area contributed by atoms with E-state index in [4.69, 9.17) is 4.74 Å². The average molecular weight is 281 g/mol. The van der Waals surface area contributed by atoms with Crippen molar-refractivity contribution in [2.24, 2.45) is 0 Å². The molecule has 2 unspecified atom stereocenters. The molecule has 2 nitrogen and oxygen atoms in total. The van der Waals surface area contributed by atoms with Crippen LogP contribution < -0.4 is 10.1 Å². The SMILES string of the molecule is CNC(Cc1cccc(C)c1)c1ccc2c(c1)CC(C)O2. The highest BCUT2D eigenvalue weighted by molar-refractivity contribution is 5.42. The molecule has 110 valence electrons. The lowest BCUT2D eigenvalue weighted by Gasteiger charge is -2.18. The van der Waals surface area contributed by atoms with Crippen LogP contribution in [0.15, 0.2) is 42.5 Å². The summed E-state index contributed by atoms with van der Waals surface area (Å²) in [5.74, 6) is 1.05. The van der Waals surface area contributed by atoms with Crippen LogP contribution in [0.5, 0.6) is 5.75 Å². The average Bonchev–Trinajstić information content (AvgIpc) is 2.84. The van der Waals surface area contributed by atoms with Crippen molar-refractivity contribution in [3.8, 4) is 5.75 Å². The standard InChI is InChI=1S/C19H23NO/c1-13-5-4-6-15(9-13)11-18(20-3)16-7-8-19-17(12-16)10-14(2)21-19/h4-9,12,14,18,20H,10-11H2,1-3H3. The molecule has 2 heteroatoms. The van der Waals surface area contributed by atoms with Crippen LogP contribution in [0.3, 0.4) is 0 Å². The molecular formula is C19H23NO. The van der Waals surface area contributed by atoms with Crippen LogP contribution in [-0.4, -0.2) is 13.2 Å². The first-order chi connectivity index (χ1) is 10.2. The summed E-state index contributed by atoms with van der Waals surface area (Å²) in [5.41, 5.74) is 5.37. The van der Waals surface area contributed by atoms with Gasteiger partial charge in [0.1, 0.15) is 11.9 Å². The van der Waals surface area contributed by atoms with Crippen molar-refractivity contribution in [3.05, 3.63) is 64.7 Å². The zero-order valence-electron chi connectivity index (χ0n) is 13.0. The van der Waals surface area contributed by atoms with E-state index in [2.05, 4.69) is 61.6 Å². The Hall–Kier alpha value is -1.80. The summed E-state index contributed by atoms with van der Waals surface area (Å²) in [4.78, 5) is 0. The molecule has 0 spiro atoms. The van der Waals surface area contributed by atoms with Crippen LogP contribution in [0.2, 0.25) is 0 Å². The van der Waals surface area contributed by atoms with Gasteiger partial charge in [-0.05, 0) is 50.1 Å². The molecule has 2 atom stereocenters. The van der Waals surface area contributed by atoms with E-state index in [1.165, 1.54) is 22.3 Å². The Balaban J connectivity index is 1.82. The lowest BCUT2D eigenvalue weighted by molar-refractivity contribution is 0.254. The Labute approximate surface area is 127 Å². The molecule has 1 aliphatic rings. The number of benzene rings is 2. The van der Waals surface area contributed by atoms with Gasteiger partial charge in [-0.25, -0.2) is 0 Å². The first-order valence-corrected chi connectivity index (χ1v) is 7.68. The molecule has 1 aliphatic heterocycles. The number of nitrogens with one attached hydrogen (secondary N) is 1. The topological polar surface area (TPSA) is 21.3 Å². The second kappa shape index (κ2) is 5.90. The molecule has 1 heterocycles. The number of hydrogen-bond donors (Lipinski definition) is 1. The maximum absolute atomic E-state index is 5.79. The Morgan fingerprint density at radius 3 is 2.86 bits per heavy atom. The number of likely N-dealkylation sites (N-methyl/N-ethyl adjacent to an activating group) is 1. The summed E-state index contributed by atoms with van der Waals surface area (Å²) in [5, 5.41) is 3.45. The van der Waals surface area contributed by atoms with Gasteiger partial charge in [0.25, 0.3) is 0 Å². The molecule has 2 aromatic carbocycles. The number of rotatable bonds is 4. The fourth-order valence-corrected chi connectivity index (χ4v) is 3.12. The molecule has 3 rings (SSSR count). The fourth-order valence-electron chi connectivity index (χ4n) is 3.12. The smallest absolute Gasteiger partial charge is 0.123 e. The van der Waals surface area contributed by atoms with E-state index >= 15 is 0 Å². The van der Waals surface area contributed by atoms with Crippen LogP contribution >= 0.6 is 0 Å². The Kier molecular flexibility index (Phi) is 3.98. The van der Waals surface area contributed by atoms with Crippen molar-refractivity contribution in [1.29, 1.82) is 0 Å². The summed E-state index contributed by atoms with van der Waals surface area (Å²) in [7, 11) is 2.03. The predicted molar refractivity (Wildman–Crippen MR) is 86.9 cm³/mol. The van der Waals surface area contributed by atoms with E-state index in [1.54, 1.807) is 0 Å². The molecule has 0 saturated carbocycles.